The first-order valence-corrected chi connectivity index (χ1v) is 9.46. The van der Waals surface area contributed by atoms with Crippen LogP contribution in [0.25, 0.3) is 0 Å². The Hall–Kier alpha value is -2.37. The van der Waals surface area contributed by atoms with Crippen molar-refractivity contribution in [2.75, 3.05) is 19.6 Å². The van der Waals surface area contributed by atoms with Crippen LogP contribution in [0.2, 0.25) is 0 Å². The van der Waals surface area contributed by atoms with E-state index in [0.29, 0.717) is 26.1 Å². The summed E-state index contributed by atoms with van der Waals surface area (Å²) >= 11 is 0. The van der Waals surface area contributed by atoms with Crippen molar-refractivity contribution in [2.24, 2.45) is 0 Å². The topological polar surface area (TPSA) is 60.9 Å². The van der Waals surface area contributed by atoms with Crippen molar-refractivity contribution in [1.82, 2.24) is 9.80 Å². The highest BCUT2D eigenvalue weighted by Crippen LogP contribution is 2.18. The fourth-order valence-electron chi connectivity index (χ4n) is 3.57. The summed E-state index contributed by atoms with van der Waals surface area (Å²) in [6.07, 6.45) is 2.22. The van der Waals surface area contributed by atoms with Crippen LogP contribution >= 0.6 is 12.4 Å². The number of hydrogen-bond donors (Lipinski definition) is 1. The molecule has 1 N–H and O–H groups in total. The lowest BCUT2D eigenvalue weighted by molar-refractivity contribution is -0.143. The van der Waals surface area contributed by atoms with Crippen LogP contribution in [0.4, 0.5) is 0 Å². The molecular formula is C22H27ClN2O3. The van der Waals surface area contributed by atoms with Gasteiger partial charge in [0.1, 0.15) is 6.04 Å². The van der Waals surface area contributed by atoms with E-state index in [2.05, 4.69) is 12.1 Å². The summed E-state index contributed by atoms with van der Waals surface area (Å²) < 4.78 is 0. The molecule has 0 radical (unpaired) electrons. The van der Waals surface area contributed by atoms with Crippen LogP contribution < -0.4 is 0 Å². The predicted molar refractivity (Wildman–Crippen MR) is 111 cm³/mol. The molecule has 1 amide bonds. The van der Waals surface area contributed by atoms with Crippen molar-refractivity contribution < 1.29 is 14.7 Å². The number of benzene rings is 2. The lowest BCUT2D eigenvalue weighted by Crippen LogP contribution is -2.45. The lowest BCUT2D eigenvalue weighted by atomic mass is 10.1. The zero-order valence-electron chi connectivity index (χ0n) is 15.9. The number of carbonyl (C=O) groups excluding carboxylic acids is 1. The molecule has 1 aliphatic rings. The van der Waals surface area contributed by atoms with E-state index in [-0.39, 0.29) is 24.9 Å². The third-order valence-corrected chi connectivity index (χ3v) is 5.07. The SMILES string of the molecule is Cl.O=C(O)C1CCCN1CC(=O)N(CCc1ccccc1)Cc1ccccc1. The predicted octanol–water partition coefficient (Wildman–Crippen LogP) is 3.23. The molecule has 0 saturated carbocycles. The van der Waals surface area contributed by atoms with Gasteiger partial charge in [0.25, 0.3) is 0 Å². The number of amides is 1. The molecule has 2 aromatic carbocycles. The number of nitrogens with zero attached hydrogens (tertiary/aromatic N) is 2. The van der Waals surface area contributed by atoms with Gasteiger partial charge in [-0.3, -0.25) is 14.5 Å². The van der Waals surface area contributed by atoms with Gasteiger partial charge in [0, 0.05) is 13.1 Å². The van der Waals surface area contributed by atoms with Crippen LogP contribution in [0.1, 0.15) is 24.0 Å². The van der Waals surface area contributed by atoms with Crippen LogP contribution in [-0.4, -0.2) is 52.5 Å². The third-order valence-electron chi connectivity index (χ3n) is 5.07. The minimum Gasteiger partial charge on any atom is -0.480 e. The summed E-state index contributed by atoms with van der Waals surface area (Å²) in [7, 11) is 0. The second-order valence-corrected chi connectivity index (χ2v) is 7.00. The van der Waals surface area contributed by atoms with E-state index in [1.54, 1.807) is 4.90 Å². The number of carboxylic acids is 1. The fourth-order valence-corrected chi connectivity index (χ4v) is 3.57. The Kier molecular flexibility index (Phi) is 8.48. The minimum atomic E-state index is -0.834. The number of aliphatic carboxylic acids is 1. The fraction of sp³-hybridized carbons (Fsp3) is 0.364. The van der Waals surface area contributed by atoms with Gasteiger partial charge in [-0.15, -0.1) is 12.4 Å². The summed E-state index contributed by atoms with van der Waals surface area (Å²) in [6.45, 7) is 1.99. The normalized spacial score (nSPS) is 16.4. The van der Waals surface area contributed by atoms with Gasteiger partial charge in [0.2, 0.25) is 5.91 Å². The van der Waals surface area contributed by atoms with Gasteiger partial charge in [-0.25, -0.2) is 0 Å². The van der Waals surface area contributed by atoms with Gasteiger partial charge in [-0.2, -0.15) is 0 Å². The van der Waals surface area contributed by atoms with E-state index in [1.165, 1.54) is 5.56 Å². The van der Waals surface area contributed by atoms with Crippen molar-refractivity contribution in [2.45, 2.75) is 31.8 Å². The highest BCUT2D eigenvalue weighted by Gasteiger charge is 2.32. The molecule has 28 heavy (non-hydrogen) atoms. The number of carboxylic acid groups (broad SMARTS) is 1. The van der Waals surface area contributed by atoms with Crippen molar-refractivity contribution in [3.05, 3.63) is 71.8 Å². The highest BCUT2D eigenvalue weighted by molar-refractivity contribution is 5.85. The first kappa shape index (κ1) is 21.9. The van der Waals surface area contributed by atoms with Gasteiger partial charge >= 0.3 is 5.97 Å². The van der Waals surface area contributed by atoms with Crippen molar-refractivity contribution >= 4 is 24.3 Å². The van der Waals surface area contributed by atoms with Crippen molar-refractivity contribution in [3.63, 3.8) is 0 Å². The lowest BCUT2D eigenvalue weighted by Gasteiger charge is -2.27. The Balaban J connectivity index is 0.00000280. The Morgan fingerprint density at radius 3 is 2.21 bits per heavy atom. The van der Waals surface area contributed by atoms with E-state index in [1.807, 2.05) is 53.4 Å². The molecule has 1 unspecified atom stereocenters. The molecule has 5 nitrogen and oxygen atoms in total. The first-order chi connectivity index (χ1) is 13.1. The zero-order valence-corrected chi connectivity index (χ0v) is 16.7. The Labute approximate surface area is 172 Å². The second-order valence-electron chi connectivity index (χ2n) is 7.00. The molecule has 1 saturated heterocycles. The van der Waals surface area contributed by atoms with Crippen LogP contribution in [0, 0.1) is 0 Å². The maximum Gasteiger partial charge on any atom is 0.320 e. The molecule has 0 bridgehead atoms. The number of hydrogen-bond acceptors (Lipinski definition) is 3. The Bertz CT molecular complexity index is 755. The average Bonchev–Trinajstić information content (AvgIpc) is 3.15. The van der Waals surface area contributed by atoms with Crippen LogP contribution in [0.3, 0.4) is 0 Å². The maximum absolute atomic E-state index is 13.0. The second kappa shape index (κ2) is 10.8. The van der Waals surface area contributed by atoms with Crippen LogP contribution in [0.5, 0.6) is 0 Å². The summed E-state index contributed by atoms with van der Waals surface area (Å²) in [6, 6.07) is 19.5. The first-order valence-electron chi connectivity index (χ1n) is 9.46. The highest BCUT2D eigenvalue weighted by atomic mass is 35.5. The average molecular weight is 403 g/mol. The van der Waals surface area contributed by atoms with E-state index in [0.717, 1.165) is 18.4 Å². The zero-order chi connectivity index (χ0) is 19.1. The quantitative estimate of drug-likeness (QED) is 0.736. The Morgan fingerprint density at radius 2 is 1.61 bits per heavy atom. The molecule has 0 spiro atoms. The molecule has 0 aliphatic carbocycles. The van der Waals surface area contributed by atoms with Gasteiger partial charge in [0.05, 0.1) is 6.54 Å². The molecule has 150 valence electrons. The van der Waals surface area contributed by atoms with Crippen molar-refractivity contribution in [1.29, 1.82) is 0 Å². The molecule has 6 heteroatoms. The van der Waals surface area contributed by atoms with Gasteiger partial charge < -0.3 is 10.0 Å². The van der Waals surface area contributed by atoms with E-state index < -0.39 is 12.0 Å². The molecule has 2 aromatic rings. The van der Waals surface area contributed by atoms with Gasteiger partial charge in [0.15, 0.2) is 0 Å². The van der Waals surface area contributed by atoms with E-state index >= 15 is 0 Å². The molecule has 3 rings (SSSR count). The largest absolute Gasteiger partial charge is 0.480 e. The molecule has 1 fully saturated rings. The molecular weight excluding hydrogens is 376 g/mol. The third kappa shape index (κ3) is 6.08. The standard InChI is InChI=1S/C22H26N2O3.ClH/c25-21(17-23-14-7-12-20(23)22(26)27)24(16-19-10-5-2-6-11-19)15-13-18-8-3-1-4-9-18;/h1-6,8-11,20H,7,12-17H2,(H,26,27);1H. The molecule has 0 aromatic heterocycles. The maximum atomic E-state index is 13.0. The van der Waals surface area contributed by atoms with Crippen LogP contribution in [-0.2, 0) is 22.6 Å². The smallest absolute Gasteiger partial charge is 0.320 e. The molecule has 1 heterocycles. The Morgan fingerprint density at radius 1 is 1.00 bits per heavy atom. The summed E-state index contributed by atoms with van der Waals surface area (Å²) in [5.41, 5.74) is 2.27. The number of halogens is 1. The van der Waals surface area contributed by atoms with Crippen LogP contribution in [0.15, 0.2) is 60.7 Å². The minimum absolute atomic E-state index is 0. The number of likely N-dealkylation sites (tertiary alicyclic amines) is 1. The molecule has 1 atom stereocenters. The summed E-state index contributed by atoms with van der Waals surface area (Å²) in [5, 5.41) is 9.36. The van der Waals surface area contributed by atoms with Crippen molar-refractivity contribution in [3.8, 4) is 0 Å². The number of carbonyl (C=O) groups is 2. The summed E-state index contributed by atoms with van der Waals surface area (Å²) in [4.78, 5) is 28.0. The molecule has 1 aliphatic heterocycles. The summed E-state index contributed by atoms with van der Waals surface area (Å²) in [5.74, 6) is -0.845. The van der Waals surface area contributed by atoms with Gasteiger partial charge in [-0.05, 0) is 36.9 Å². The van der Waals surface area contributed by atoms with E-state index in [4.69, 9.17) is 0 Å². The van der Waals surface area contributed by atoms with Gasteiger partial charge in [-0.1, -0.05) is 60.7 Å². The monoisotopic (exact) mass is 402 g/mol. The number of rotatable bonds is 8. The van der Waals surface area contributed by atoms with E-state index in [9.17, 15) is 14.7 Å².